The van der Waals surface area contributed by atoms with Gasteiger partial charge in [-0.15, -0.1) is 0 Å². The Bertz CT molecular complexity index is 833. The molecule has 1 atom stereocenters. The third-order valence-corrected chi connectivity index (χ3v) is 17.2. The number of phenols is 1. The van der Waals surface area contributed by atoms with Gasteiger partial charge in [-0.25, -0.2) is 0 Å². The van der Waals surface area contributed by atoms with E-state index in [0.29, 0.717) is 11.7 Å². The molecule has 0 aromatic heterocycles. The van der Waals surface area contributed by atoms with Gasteiger partial charge >= 0.3 is 0 Å². The van der Waals surface area contributed by atoms with Crippen LogP contribution >= 0.6 is 0 Å². The maximum Gasteiger partial charge on any atom is 0.114 e. The number of phenolic OH excluding ortho intramolecular Hbond substituents is 1. The summed E-state index contributed by atoms with van der Waals surface area (Å²) in [6.45, 7) is 28.0. The van der Waals surface area contributed by atoms with E-state index >= 15 is 0 Å². The van der Waals surface area contributed by atoms with Crippen LogP contribution in [-0.4, -0.2) is 21.3 Å². The Kier molecular flexibility index (Phi) is 5.57. The van der Waals surface area contributed by atoms with E-state index in [1.807, 2.05) is 0 Å². The number of allylic oxidation sites excluding steroid dienone is 4. The van der Waals surface area contributed by atoms with Crippen molar-refractivity contribution in [1.82, 2.24) is 0 Å². The van der Waals surface area contributed by atoms with Crippen molar-refractivity contribution in [2.75, 3.05) is 0 Å². The van der Waals surface area contributed by atoms with Gasteiger partial charge in [0, 0.05) is 0 Å². The Morgan fingerprint density at radius 2 is 1.33 bits per heavy atom. The fourth-order valence-electron chi connectivity index (χ4n) is 4.65. The van der Waals surface area contributed by atoms with Crippen molar-refractivity contribution < 1.29 is 5.11 Å². The maximum atomic E-state index is 11.5. The zero-order chi connectivity index (χ0) is 21.1. The molecule has 0 saturated heterocycles. The predicted octanol–water partition coefficient (Wildman–Crippen LogP) is 6.17. The summed E-state index contributed by atoms with van der Waals surface area (Å²) in [5, 5.41) is 15.8. The molecule has 0 fully saturated rings. The second-order valence-electron chi connectivity index (χ2n) is 10.8. The van der Waals surface area contributed by atoms with Crippen LogP contribution in [0.15, 0.2) is 34.0 Å². The Morgan fingerprint density at radius 3 is 1.74 bits per heavy atom. The minimum Gasteiger partial charge on any atom is -0.508 e. The van der Waals surface area contributed by atoms with Gasteiger partial charge in [0.05, 0.1) is 8.07 Å². The normalized spacial score (nSPS) is 19.3. The maximum absolute atomic E-state index is 11.5. The van der Waals surface area contributed by atoms with Crippen molar-refractivity contribution in [3.05, 3.63) is 39.6 Å². The zero-order valence-corrected chi connectivity index (χ0v) is 21.7. The van der Waals surface area contributed by atoms with Crippen LogP contribution < -0.4 is 10.4 Å². The topological polar surface area (TPSA) is 20.2 Å². The highest BCUT2D eigenvalue weighted by atomic mass is 28.3. The van der Waals surface area contributed by atoms with Crippen LogP contribution in [0.5, 0.6) is 5.75 Å². The van der Waals surface area contributed by atoms with Crippen molar-refractivity contribution in [3.8, 4) is 5.75 Å². The smallest absolute Gasteiger partial charge is 0.114 e. The molecule has 0 saturated carbocycles. The highest BCUT2D eigenvalue weighted by Gasteiger charge is 2.43. The summed E-state index contributed by atoms with van der Waals surface area (Å²) in [6.07, 6.45) is 0. The second kappa shape index (κ2) is 6.77. The van der Waals surface area contributed by atoms with E-state index in [4.69, 9.17) is 0 Å². The van der Waals surface area contributed by atoms with Gasteiger partial charge in [0.25, 0.3) is 0 Å². The van der Waals surface area contributed by atoms with Gasteiger partial charge < -0.3 is 5.11 Å². The van der Waals surface area contributed by atoms with Crippen LogP contribution in [0.1, 0.15) is 54.0 Å². The molecule has 0 amide bonds. The Hall–Kier alpha value is -1.07. The molecule has 1 aliphatic rings. The summed E-state index contributed by atoms with van der Waals surface area (Å²) in [5.74, 6) is 1.08. The number of rotatable bonds is 3. The van der Waals surface area contributed by atoms with Gasteiger partial charge in [-0.3, -0.25) is 0 Å². The van der Waals surface area contributed by atoms with E-state index in [-0.39, 0.29) is 5.04 Å². The first kappa shape index (κ1) is 22.2. The number of hydrogen-bond acceptors (Lipinski definition) is 1. The van der Waals surface area contributed by atoms with E-state index in [2.05, 4.69) is 93.7 Å². The fourth-order valence-corrected chi connectivity index (χ4v) is 10.9. The van der Waals surface area contributed by atoms with E-state index in [0.717, 1.165) is 0 Å². The summed E-state index contributed by atoms with van der Waals surface area (Å²) in [5.41, 5.74) is 5.70. The Labute approximate surface area is 169 Å². The van der Waals surface area contributed by atoms with Crippen molar-refractivity contribution >= 4 is 26.5 Å². The van der Waals surface area contributed by atoms with E-state index in [1.54, 1.807) is 5.20 Å². The average Bonchev–Trinajstić information content (AvgIpc) is 2.71. The van der Waals surface area contributed by atoms with Gasteiger partial charge in [0.1, 0.15) is 13.8 Å². The molecule has 2 rings (SSSR count). The lowest BCUT2D eigenvalue weighted by Gasteiger charge is -2.39. The molecule has 1 aromatic rings. The molecular formula is C24H40OSi2. The first-order valence-electron chi connectivity index (χ1n) is 10.3. The minimum absolute atomic E-state index is 0.200. The lowest BCUT2D eigenvalue weighted by atomic mass is 10.1. The predicted molar refractivity (Wildman–Crippen MR) is 127 cm³/mol. The van der Waals surface area contributed by atoms with Crippen LogP contribution in [0, 0.1) is 12.8 Å². The van der Waals surface area contributed by atoms with Gasteiger partial charge in [-0.05, 0) is 54.6 Å². The molecule has 0 heterocycles. The summed E-state index contributed by atoms with van der Waals surface area (Å²) in [6, 6.07) is 4.53. The molecule has 0 spiro atoms. The van der Waals surface area contributed by atoms with Crippen molar-refractivity contribution in [2.45, 2.75) is 86.6 Å². The van der Waals surface area contributed by atoms with Crippen molar-refractivity contribution in [3.63, 3.8) is 0 Å². The van der Waals surface area contributed by atoms with Gasteiger partial charge in [-0.2, -0.15) is 0 Å². The molecule has 0 radical (unpaired) electrons. The molecule has 0 aliphatic heterocycles. The second-order valence-corrected chi connectivity index (χ2v) is 20.4. The Morgan fingerprint density at radius 1 is 0.852 bits per heavy atom. The zero-order valence-electron chi connectivity index (χ0n) is 19.7. The molecule has 1 aromatic carbocycles. The summed E-state index contributed by atoms with van der Waals surface area (Å²) < 4.78 is 0. The third kappa shape index (κ3) is 3.42. The number of aryl methyl sites for hydroxylation is 1. The molecule has 27 heavy (non-hydrogen) atoms. The summed E-state index contributed by atoms with van der Waals surface area (Å²) in [4.78, 5) is 0. The van der Waals surface area contributed by atoms with Crippen molar-refractivity contribution in [1.29, 1.82) is 0 Å². The van der Waals surface area contributed by atoms with Gasteiger partial charge in [0.2, 0.25) is 0 Å². The molecule has 1 unspecified atom stereocenters. The number of benzene rings is 1. The summed E-state index contributed by atoms with van der Waals surface area (Å²) >= 11 is 0. The third-order valence-electron chi connectivity index (χ3n) is 7.79. The highest BCUT2D eigenvalue weighted by molar-refractivity contribution is 6.98. The van der Waals surface area contributed by atoms with Crippen LogP contribution in [0.4, 0.5) is 0 Å². The lowest BCUT2D eigenvalue weighted by Crippen LogP contribution is -2.54. The lowest BCUT2D eigenvalue weighted by molar-refractivity contribution is 0.482. The van der Waals surface area contributed by atoms with Crippen LogP contribution in [0.2, 0.25) is 31.2 Å². The first-order valence-corrected chi connectivity index (χ1v) is 16.3. The largest absolute Gasteiger partial charge is 0.508 e. The Balaban J connectivity index is 2.74. The number of hydrogen-bond donors (Lipinski definition) is 1. The fraction of sp³-hybridized carbons (Fsp3) is 0.583. The molecule has 1 nitrogen and oxygen atoms in total. The quantitative estimate of drug-likeness (QED) is 0.601. The molecular weight excluding hydrogens is 360 g/mol. The molecule has 1 aliphatic carbocycles. The SMILES string of the molecule is CC1=C(C)C(C)C([Si](C)(C)c2cc(C)cc([Si](C)(C)C(C)(C)C)c2O)=C1C. The monoisotopic (exact) mass is 400 g/mol. The number of aromatic hydroxyl groups is 1. The van der Waals surface area contributed by atoms with Crippen LogP contribution in [0.3, 0.4) is 0 Å². The minimum atomic E-state index is -1.99. The average molecular weight is 401 g/mol. The molecule has 150 valence electrons. The molecule has 1 N–H and O–H groups in total. The molecule has 0 bridgehead atoms. The first-order chi connectivity index (χ1) is 12.0. The van der Waals surface area contributed by atoms with Crippen molar-refractivity contribution in [2.24, 2.45) is 5.92 Å². The highest BCUT2D eigenvalue weighted by Crippen LogP contribution is 2.42. The van der Waals surface area contributed by atoms with Gasteiger partial charge in [-0.1, -0.05) is 87.9 Å². The van der Waals surface area contributed by atoms with E-state index in [1.165, 1.54) is 32.7 Å². The van der Waals surface area contributed by atoms with Crippen LogP contribution in [-0.2, 0) is 0 Å². The summed E-state index contributed by atoms with van der Waals surface area (Å²) in [7, 11) is -3.81. The standard InChI is InChI=1S/C24H40OSi2/c1-15-13-20(22(25)21(14-15)27(11,12)24(6,7)8)26(9,10)23-18(4)16(2)17(3)19(23)5/h13-14,18,25H,1-12H3. The van der Waals surface area contributed by atoms with Crippen LogP contribution in [0.25, 0.3) is 0 Å². The van der Waals surface area contributed by atoms with E-state index in [9.17, 15) is 5.11 Å². The van der Waals surface area contributed by atoms with E-state index < -0.39 is 16.1 Å². The molecule has 3 heteroatoms. The van der Waals surface area contributed by atoms with Gasteiger partial charge in [0.15, 0.2) is 0 Å².